The van der Waals surface area contributed by atoms with E-state index in [1.165, 1.54) is 5.56 Å². The van der Waals surface area contributed by atoms with Gasteiger partial charge in [-0.05, 0) is 24.5 Å². The molecule has 2 heteroatoms. The Labute approximate surface area is 108 Å². The van der Waals surface area contributed by atoms with Crippen molar-refractivity contribution in [2.75, 3.05) is 0 Å². The molecule has 2 aromatic rings. The smallest absolute Gasteiger partial charge is 0.207 e. The largest absolute Gasteiger partial charge is 0.349 e. The van der Waals surface area contributed by atoms with Crippen LogP contribution in [0, 0.1) is 0 Å². The number of amides is 1. The van der Waals surface area contributed by atoms with Gasteiger partial charge in [-0.3, -0.25) is 4.79 Å². The first-order valence-corrected chi connectivity index (χ1v) is 6.05. The van der Waals surface area contributed by atoms with E-state index >= 15 is 0 Å². The lowest BCUT2D eigenvalue weighted by molar-refractivity contribution is -0.111. The molecule has 1 N–H and O–H groups in total. The van der Waals surface area contributed by atoms with E-state index in [2.05, 4.69) is 17.4 Å². The minimum absolute atomic E-state index is 0.371. The van der Waals surface area contributed by atoms with Crippen LogP contribution in [0.25, 0.3) is 0 Å². The van der Waals surface area contributed by atoms with Crippen LogP contribution < -0.4 is 5.32 Å². The highest BCUT2D eigenvalue weighted by molar-refractivity contribution is 5.50. The van der Waals surface area contributed by atoms with Crippen molar-refractivity contribution in [2.24, 2.45) is 0 Å². The third-order valence-electron chi connectivity index (χ3n) is 3.19. The first-order valence-electron chi connectivity index (χ1n) is 6.05. The highest BCUT2D eigenvalue weighted by Gasteiger charge is 2.25. The summed E-state index contributed by atoms with van der Waals surface area (Å²) in [4.78, 5) is 10.9. The van der Waals surface area contributed by atoms with Gasteiger partial charge in [-0.2, -0.15) is 0 Å². The van der Waals surface area contributed by atoms with E-state index in [-0.39, 0.29) is 5.54 Å². The molecule has 1 amide bonds. The zero-order valence-electron chi connectivity index (χ0n) is 10.5. The summed E-state index contributed by atoms with van der Waals surface area (Å²) in [5.41, 5.74) is 1.95. The number of nitrogens with one attached hydrogen (secondary N) is 1. The molecule has 1 atom stereocenters. The van der Waals surface area contributed by atoms with Crippen LogP contribution in [0.4, 0.5) is 0 Å². The van der Waals surface area contributed by atoms with Crippen LogP contribution >= 0.6 is 0 Å². The Kier molecular flexibility index (Phi) is 3.78. The Morgan fingerprint density at radius 1 is 1.00 bits per heavy atom. The molecule has 0 bridgehead atoms. The molecule has 0 aromatic heterocycles. The van der Waals surface area contributed by atoms with Gasteiger partial charge in [-0.1, -0.05) is 60.7 Å². The van der Waals surface area contributed by atoms with E-state index < -0.39 is 0 Å². The number of carbonyl (C=O) groups is 1. The Balaban J connectivity index is 2.30. The topological polar surface area (TPSA) is 29.1 Å². The second-order valence-electron chi connectivity index (χ2n) is 4.62. The summed E-state index contributed by atoms with van der Waals surface area (Å²) in [7, 11) is 0. The van der Waals surface area contributed by atoms with Crippen LogP contribution in [0.1, 0.15) is 18.1 Å². The number of hydrogen-bond donors (Lipinski definition) is 1. The van der Waals surface area contributed by atoms with Crippen molar-refractivity contribution < 1.29 is 4.79 Å². The maximum atomic E-state index is 10.9. The molecule has 0 aliphatic rings. The Morgan fingerprint density at radius 3 is 2.11 bits per heavy atom. The molecule has 0 heterocycles. The van der Waals surface area contributed by atoms with Gasteiger partial charge in [0.25, 0.3) is 0 Å². The normalized spacial score (nSPS) is 13.6. The minimum Gasteiger partial charge on any atom is -0.349 e. The van der Waals surface area contributed by atoms with Gasteiger partial charge in [0.2, 0.25) is 6.41 Å². The van der Waals surface area contributed by atoms with Gasteiger partial charge in [0.1, 0.15) is 0 Å². The molecule has 0 aliphatic heterocycles. The summed E-state index contributed by atoms with van der Waals surface area (Å²) >= 11 is 0. The molecule has 2 aromatic carbocycles. The predicted octanol–water partition coefficient (Wildman–Crippen LogP) is 2.89. The van der Waals surface area contributed by atoms with Gasteiger partial charge in [0, 0.05) is 0 Å². The fourth-order valence-electron chi connectivity index (χ4n) is 2.18. The van der Waals surface area contributed by atoms with Gasteiger partial charge >= 0.3 is 0 Å². The average Bonchev–Trinajstić information content (AvgIpc) is 2.41. The fourth-order valence-corrected chi connectivity index (χ4v) is 2.18. The number of benzene rings is 2. The molecule has 0 saturated carbocycles. The maximum absolute atomic E-state index is 10.9. The van der Waals surface area contributed by atoms with E-state index in [0.29, 0.717) is 0 Å². The molecule has 2 nitrogen and oxygen atoms in total. The van der Waals surface area contributed by atoms with Crippen molar-refractivity contribution in [3.8, 4) is 0 Å². The van der Waals surface area contributed by atoms with E-state index in [1.54, 1.807) is 0 Å². The van der Waals surface area contributed by atoms with Crippen molar-refractivity contribution in [3.63, 3.8) is 0 Å². The Hall–Kier alpha value is -2.09. The zero-order valence-corrected chi connectivity index (χ0v) is 10.5. The molecule has 0 radical (unpaired) electrons. The van der Waals surface area contributed by atoms with Crippen LogP contribution in [0.2, 0.25) is 0 Å². The fraction of sp³-hybridized carbons (Fsp3) is 0.188. The summed E-state index contributed by atoms with van der Waals surface area (Å²) in [5.74, 6) is 0. The second kappa shape index (κ2) is 5.50. The molecule has 0 spiro atoms. The number of rotatable bonds is 5. The van der Waals surface area contributed by atoms with E-state index in [9.17, 15) is 4.79 Å². The first-order chi connectivity index (χ1) is 8.74. The van der Waals surface area contributed by atoms with Crippen molar-refractivity contribution in [3.05, 3.63) is 71.8 Å². The highest BCUT2D eigenvalue weighted by atomic mass is 16.1. The molecule has 0 aliphatic carbocycles. The van der Waals surface area contributed by atoms with Crippen LogP contribution in [-0.4, -0.2) is 6.41 Å². The SMILES string of the molecule is CC(Cc1ccccc1)(NC=O)[13c]1[13cH][13cH][13cH][13cH][13cH]1. The molecule has 0 fully saturated rings. The monoisotopic (exact) mass is 245 g/mol. The summed E-state index contributed by atoms with van der Waals surface area (Å²) in [6, 6.07) is 20.2. The lowest BCUT2D eigenvalue weighted by Crippen LogP contribution is -2.40. The molecule has 2 rings (SSSR count). The van der Waals surface area contributed by atoms with Gasteiger partial charge in [0.05, 0.1) is 5.54 Å². The number of carbonyl (C=O) groups excluding carboxylic acids is 1. The van der Waals surface area contributed by atoms with Crippen LogP contribution in [0.5, 0.6) is 0 Å². The minimum atomic E-state index is -0.371. The summed E-state index contributed by atoms with van der Waals surface area (Å²) < 4.78 is 0. The molecule has 92 valence electrons. The van der Waals surface area contributed by atoms with Crippen molar-refractivity contribution in [1.29, 1.82) is 0 Å². The standard InChI is InChI=1S/C16H17NO/c1-16(17-13-18,15-10-6-3-7-11-15)12-14-8-4-2-5-9-14/h2-11,13H,12H2,1H3,(H,17,18)/i3+1,6+1,7+1,10+1,11+1,15+1. The summed E-state index contributed by atoms with van der Waals surface area (Å²) in [5, 5.41) is 2.94. The molecule has 0 saturated heterocycles. The molecular formula is C16H17NO. The summed E-state index contributed by atoms with van der Waals surface area (Å²) in [6.45, 7) is 2.05. The third-order valence-corrected chi connectivity index (χ3v) is 3.19. The summed E-state index contributed by atoms with van der Waals surface area (Å²) in [6.07, 6.45) is 1.55. The Morgan fingerprint density at radius 2 is 1.56 bits per heavy atom. The average molecular weight is 245 g/mol. The molecule has 1 unspecified atom stereocenters. The predicted molar refractivity (Wildman–Crippen MR) is 73.1 cm³/mol. The van der Waals surface area contributed by atoms with E-state index in [0.717, 1.165) is 18.4 Å². The van der Waals surface area contributed by atoms with Crippen LogP contribution in [0.15, 0.2) is 60.7 Å². The number of hydrogen-bond acceptors (Lipinski definition) is 1. The van der Waals surface area contributed by atoms with Gasteiger partial charge in [-0.15, -0.1) is 0 Å². The van der Waals surface area contributed by atoms with Gasteiger partial charge < -0.3 is 5.32 Å². The van der Waals surface area contributed by atoms with Gasteiger partial charge in [0.15, 0.2) is 0 Å². The lowest BCUT2D eigenvalue weighted by Gasteiger charge is -2.30. The molecule has 18 heavy (non-hydrogen) atoms. The highest BCUT2D eigenvalue weighted by Crippen LogP contribution is 2.24. The van der Waals surface area contributed by atoms with Crippen LogP contribution in [0.3, 0.4) is 0 Å². The Bertz CT molecular complexity index is 495. The van der Waals surface area contributed by atoms with E-state index in [1.807, 2.05) is 55.5 Å². The second-order valence-corrected chi connectivity index (χ2v) is 4.62. The molecular weight excluding hydrogens is 228 g/mol. The van der Waals surface area contributed by atoms with Crippen molar-refractivity contribution in [1.82, 2.24) is 5.32 Å². The van der Waals surface area contributed by atoms with Crippen LogP contribution in [-0.2, 0) is 16.8 Å². The van der Waals surface area contributed by atoms with E-state index in [4.69, 9.17) is 0 Å². The quantitative estimate of drug-likeness (QED) is 0.806. The lowest BCUT2D eigenvalue weighted by atomic mass is 9.98. The third kappa shape index (κ3) is 2.77. The zero-order chi connectivity index (χ0) is 12.8. The van der Waals surface area contributed by atoms with Gasteiger partial charge in [-0.25, -0.2) is 0 Å². The van der Waals surface area contributed by atoms with Crippen molar-refractivity contribution in [2.45, 2.75) is 18.9 Å². The first kappa shape index (κ1) is 12.4. The van der Waals surface area contributed by atoms with Crippen molar-refractivity contribution >= 4 is 6.41 Å². The maximum Gasteiger partial charge on any atom is 0.207 e.